The summed E-state index contributed by atoms with van der Waals surface area (Å²) in [6.45, 7) is 3.70. The minimum absolute atomic E-state index is 0.262. The Hall–Kier alpha value is -2.60. The van der Waals surface area contributed by atoms with E-state index in [1.807, 2.05) is 20.9 Å². The molecule has 1 aromatic carbocycles. The molecule has 0 saturated carbocycles. The number of amides is 1. The van der Waals surface area contributed by atoms with E-state index in [0.29, 0.717) is 27.7 Å². The molecule has 24 heavy (non-hydrogen) atoms. The third kappa shape index (κ3) is 2.80. The number of methoxy groups -OCH3 is 1. The van der Waals surface area contributed by atoms with Gasteiger partial charge in [0.2, 0.25) is 0 Å². The molecule has 2 aromatic heterocycles. The number of rotatable bonds is 3. The van der Waals surface area contributed by atoms with Gasteiger partial charge in [-0.05, 0) is 38.1 Å². The van der Waals surface area contributed by atoms with Crippen molar-refractivity contribution in [2.45, 2.75) is 13.8 Å². The van der Waals surface area contributed by atoms with Gasteiger partial charge in [-0.15, -0.1) is 0 Å². The summed E-state index contributed by atoms with van der Waals surface area (Å²) in [6.07, 6.45) is 0. The maximum atomic E-state index is 12.8. The third-order valence-electron chi connectivity index (χ3n) is 3.75. The molecule has 0 unspecified atom stereocenters. The summed E-state index contributed by atoms with van der Waals surface area (Å²) in [7, 11) is 3.35. The molecule has 0 aliphatic rings. The van der Waals surface area contributed by atoms with Crippen LogP contribution in [0, 0.1) is 13.8 Å². The van der Waals surface area contributed by atoms with Crippen LogP contribution >= 0.6 is 11.6 Å². The number of halogens is 1. The molecule has 3 rings (SSSR count). The molecule has 6 nitrogen and oxygen atoms in total. The second-order valence-corrected chi connectivity index (χ2v) is 5.95. The van der Waals surface area contributed by atoms with Gasteiger partial charge in [-0.25, -0.2) is 4.98 Å². The molecule has 0 aliphatic heterocycles. The average Bonchev–Trinajstić information content (AvgIpc) is 2.81. The fraction of sp³-hybridized carbons (Fsp3) is 0.235. The molecule has 0 saturated heterocycles. The standard InChI is InChI=1S/C17H17ClN4O2/c1-9-7-12(15-10(2)21-22(3)16(15)19-9)17(23)20-13-8-11(18)5-6-14(13)24-4/h5-8H,1-4H3,(H,20,23). The Balaban J connectivity index is 2.08. The van der Waals surface area contributed by atoms with E-state index in [0.717, 1.165) is 16.8 Å². The summed E-state index contributed by atoms with van der Waals surface area (Å²) < 4.78 is 6.95. The van der Waals surface area contributed by atoms with Crippen LogP contribution in [0.5, 0.6) is 5.75 Å². The van der Waals surface area contributed by atoms with Gasteiger partial charge in [0, 0.05) is 17.8 Å². The van der Waals surface area contributed by atoms with Crippen LogP contribution < -0.4 is 10.1 Å². The van der Waals surface area contributed by atoms with Crippen LogP contribution in [0.3, 0.4) is 0 Å². The third-order valence-corrected chi connectivity index (χ3v) is 3.99. The second kappa shape index (κ2) is 6.13. The Morgan fingerprint density at radius 2 is 2.04 bits per heavy atom. The Bertz CT molecular complexity index is 949. The number of anilines is 1. The predicted molar refractivity (Wildman–Crippen MR) is 93.9 cm³/mol. The van der Waals surface area contributed by atoms with Gasteiger partial charge in [0.1, 0.15) is 5.75 Å². The molecule has 0 aliphatic carbocycles. The number of carbonyl (C=O) groups excluding carboxylic acids is 1. The lowest BCUT2D eigenvalue weighted by atomic mass is 10.1. The Morgan fingerprint density at radius 3 is 2.75 bits per heavy atom. The molecule has 1 N–H and O–H groups in total. The summed E-state index contributed by atoms with van der Waals surface area (Å²) in [5.41, 5.74) is 3.21. The van der Waals surface area contributed by atoms with Gasteiger partial charge in [0.05, 0.1) is 29.4 Å². The molecule has 2 heterocycles. The first-order valence-electron chi connectivity index (χ1n) is 7.36. The molecule has 7 heteroatoms. The van der Waals surface area contributed by atoms with E-state index < -0.39 is 0 Å². The lowest BCUT2D eigenvalue weighted by Crippen LogP contribution is -2.14. The number of nitrogens with zero attached hydrogens (tertiary/aromatic N) is 3. The minimum Gasteiger partial charge on any atom is -0.495 e. The van der Waals surface area contributed by atoms with Crippen LogP contribution in [-0.4, -0.2) is 27.8 Å². The normalized spacial score (nSPS) is 10.9. The van der Waals surface area contributed by atoms with E-state index >= 15 is 0 Å². The topological polar surface area (TPSA) is 69.0 Å². The van der Waals surface area contributed by atoms with Crippen LogP contribution in [-0.2, 0) is 7.05 Å². The highest BCUT2D eigenvalue weighted by Crippen LogP contribution is 2.29. The zero-order chi connectivity index (χ0) is 17.4. The number of fused-ring (bicyclic) bond motifs is 1. The van der Waals surface area contributed by atoms with Gasteiger partial charge >= 0.3 is 0 Å². The van der Waals surface area contributed by atoms with Crippen molar-refractivity contribution in [3.63, 3.8) is 0 Å². The zero-order valence-corrected chi connectivity index (χ0v) is 14.6. The van der Waals surface area contributed by atoms with Crippen molar-refractivity contribution in [3.05, 3.63) is 46.2 Å². The van der Waals surface area contributed by atoms with E-state index in [1.165, 1.54) is 0 Å². The SMILES string of the molecule is COc1ccc(Cl)cc1NC(=O)c1cc(C)nc2c1c(C)nn2C. The monoisotopic (exact) mass is 344 g/mol. The van der Waals surface area contributed by atoms with Crippen molar-refractivity contribution in [2.75, 3.05) is 12.4 Å². The van der Waals surface area contributed by atoms with Crippen molar-refractivity contribution in [3.8, 4) is 5.75 Å². The van der Waals surface area contributed by atoms with Crippen molar-refractivity contribution in [1.29, 1.82) is 0 Å². The lowest BCUT2D eigenvalue weighted by molar-refractivity contribution is 0.102. The molecular weight excluding hydrogens is 328 g/mol. The number of aryl methyl sites for hydroxylation is 3. The van der Waals surface area contributed by atoms with E-state index in [1.54, 1.807) is 36.1 Å². The fourth-order valence-electron chi connectivity index (χ4n) is 2.72. The van der Waals surface area contributed by atoms with Gasteiger partial charge in [-0.3, -0.25) is 9.48 Å². The first-order valence-corrected chi connectivity index (χ1v) is 7.74. The Kier molecular flexibility index (Phi) is 4.15. The van der Waals surface area contributed by atoms with Crippen LogP contribution in [0.4, 0.5) is 5.69 Å². The number of ether oxygens (including phenoxy) is 1. The highest BCUT2D eigenvalue weighted by Gasteiger charge is 2.19. The van der Waals surface area contributed by atoms with E-state index in [4.69, 9.17) is 16.3 Å². The first kappa shape index (κ1) is 16.3. The van der Waals surface area contributed by atoms with Crippen molar-refractivity contribution >= 4 is 34.2 Å². The number of pyridine rings is 1. The van der Waals surface area contributed by atoms with E-state index in [-0.39, 0.29) is 5.91 Å². The molecule has 0 atom stereocenters. The van der Waals surface area contributed by atoms with Crippen LogP contribution in [0.25, 0.3) is 11.0 Å². The fourth-order valence-corrected chi connectivity index (χ4v) is 2.89. The van der Waals surface area contributed by atoms with Gasteiger partial charge in [-0.2, -0.15) is 5.10 Å². The second-order valence-electron chi connectivity index (χ2n) is 5.52. The van der Waals surface area contributed by atoms with Crippen molar-refractivity contribution in [1.82, 2.24) is 14.8 Å². The summed E-state index contributed by atoms with van der Waals surface area (Å²) in [5.74, 6) is 0.278. The maximum Gasteiger partial charge on any atom is 0.256 e. The van der Waals surface area contributed by atoms with E-state index in [9.17, 15) is 4.79 Å². The van der Waals surface area contributed by atoms with Gasteiger partial charge in [0.15, 0.2) is 5.65 Å². The van der Waals surface area contributed by atoms with Gasteiger partial charge in [0.25, 0.3) is 5.91 Å². The summed E-state index contributed by atoms with van der Waals surface area (Å²) >= 11 is 6.02. The minimum atomic E-state index is -0.262. The van der Waals surface area contributed by atoms with Crippen LogP contribution in [0.1, 0.15) is 21.7 Å². The predicted octanol–water partition coefficient (Wildman–Crippen LogP) is 3.50. The molecule has 0 radical (unpaired) electrons. The van der Waals surface area contributed by atoms with Crippen molar-refractivity contribution < 1.29 is 9.53 Å². The number of carbonyl (C=O) groups is 1. The van der Waals surface area contributed by atoms with E-state index in [2.05, 4.69) is 15.4 Å². The number of benzene rings is 1. The van der Waals surface area contributed by atoms with Crippen LogP contribution in [0.2, 0.25) is 5.02 Å². The zero-order valence-electron chi connectivity index (χ0n) is 13.8. The van der Waals surface area contributed by atoms with Gasteiger partial charge in [-0.1, -0.05) is 11.6 Å². The first-order chi connectivity index (χ1) is 11.4. The summed E-state index contributed by atoms with van der Waals surface area (Å²) in [4.78, 5) is 17.3. The number of aromatic nitrogens is 3. The molecule has 0 fully saturated rings. The average molecular weight is 345 g/mol. The molecule has 0 bridgehead atoms. The smallest absolute Gasteiger partial charge is 0.256 e. The van der Waals surface area contributed by atoms with Crippen LogP contribution in [0.15, 0.2) is 24.3 Å². The Labute approximate surface area is 144 Å². The maximum absolute atomic E-state index is 12.8. The number of hydrogen-bond acceptors (Lipinski definition) is 4. The molecule has 124 valence electrons. The largest absolute Gasteiger partial charge is 0.495 e. The highest BCUT2D eigenvalue weighted by atomic mass is 35.5. The summed E-state index contributed by atoms with van der Waals surface area (Å²) in [5, 5.41) is 8.47. The molecule has 3 aromatic rings. The lowest BCUT2D eigenvalue weighted by Gasteiger charge is -2.11. The molecule has 0 spiro atoms. The quantitative estimate of drug-likeness (QED) is 0.789. The molecular formula is C17H17ClN4O2. The van der Waals surface area contributed by atoms with Crippen molar-refractivity contribution in [2.24, 2.45) is 7.05 Å². The van der Waals surface area contributed by atoms with Gasteiger partial charge < -0.3 is 10.1 Å². The number of nitrogens with one attached hydrogen (secondary N) is 1. The Morgan fingerprint density at radius 1 is 1.29 bits per heavy atom. The number of hydrogen-bond donors (Lipinski definition) is 1. The molecule has 1 amide bonds. The summed E-state index contributed by atoms with van der Waals surface area (Å²) in [6, 6.07) is 6.82. The highest BCUT2D eigenvalue weighted by molar-refractivity contribution is 6.31.